The summed E-state index contributed by atoms with van der Waals surface area (Å²) in [5.41, 5.74) is 7.75. The molecule has 5 nitrogen and oxygen atoms in total. The number of rotatable bonds is 4. The minimum absolute atomic E-state index is 0.170. The number of nitrogens with one attached hydrogen (secondary N) is 1. The van der Waals surface area contributed by atoms with Crippen LogP contribution in [0.4, 0.5) is 5.00 Å². The first-order chi connectivity index (χ1) is 11.3. The third-order valence-electron chi connectivity index (χ3n) is 4.32. The Kier molecular flexibility index (Phi) is 4.40. The van der Waals surface area contributed by atoms with Crippen LogP contribution in [0, 0.1) is 12.8 Å². The van der Waals surface area contributed by atoms with Gasteiger partial charge < -0.3 is 5.73 Å². The normalized spacial score (nSPS) is 17.3. The van der Waals surface area contributed by atoms with Crippen LogP contribution in [-0.2, 0) is 22.9 Å². The lowest BCUT2D eigenvalue weighted by atomic mass is 9.88. The smallest absolute Gasteiger partial charge is 0.262 e. The van der Waals surface area contributed by atoms with Crippen LogP contribution in [0.15, 0.2) is 29.2 Å². The molecule has 0 fully saturated rings. The van der Waals surface area contributed by atoms with Crippen molar-refractivity contribution in [1.29, 1.82) is 0 Å². The number of carbonyl (C=O) groups excluding carboxylic acids is 1. The maximum absolute atomic E-state index is 12.6. The predicted molar refractivity (Wildman–Crippen MR) is 96.0 cm³/mol. The van der Waals surface area contributed by atoms with Crippen LogP contribution in [0.5, 0.6) is 0 Å². The van der Waals surface area contributed by atoms with Crippen molar-refractivity contribution in [2.75, 3.05) is 4.72 Å². The van der Waals surface area contributed by atoms with E-state index in [1.54, 1.807) is 24.3 Å². The number of fused-ring (bicyclic) bond motifs is 1. The van der Waals surface area contributed by atoms with Crippen molar-refractivity contribution >= 4 is 32.3 Å². The molecule has 7 heteroatoms. The number of thiophene rings is 1. The van der Waals surface area contributed by atoms with Crippen molar-refractivity contribution in [3.63, 3.8) is 0 Å². The number of amides is 1. The number of primary amides is 1. The van der Waals surface area contributed by atoms with Gasteiger partial charge in [-0.15, -0.1) is 11.3 Å². The zero-order valence-corrected chi connectivity index (χ0v) is 15.3. The number of aryl methyl sites for hydroxylation is 1. The van der Waals surface area contributed by atoms with Crippen LogP contribution in [0.1, 0.15) is 39.7 Å². The monoisotopic (exact) mass is 364 g/mol. The average molecular weight is 364 g/mol. The molecule has 0 radical (unpaired) electrons. The molecular weight excluding hydrogens is 344 g/mol. The van der Waals surface area contributed by atoms with Crippen LogP contribution in [0.25, 0.3) is 0 Å². The topological polar surface area (TPSA) is 89.3 Å². The summed E-state index contributed by atoms with van der Waals surface area (Å²) < 4.78 is 27.8. The van der Waals surface area contributed by atoms with Crippen LogP contribution < -0.4 is 10.5 Å². The number of anilines is 1. The molecule has 0 saturated heterocycles. The fraction of sp³-hybridized carbons (Fsp3) is 0.353. The second kappa shape index (κ2) is 6.22. The van der Waals surface area contributed by atoms with Gasteiger partial charge in [0, 0.05) is 4.88 Å². The number of nitrogens with two attached hydrogens (primary N) is 1. The van der Waals surface area contributed by atoms with Gasteiger partial charge in [0.05, 0.1) is 10.5 Å². The van der Waals surface area contributed by atoms with E-state index in [9.17, 15) is 13.2 Å². The molecule has 0 saturated carbocycles. The van der Waals surface area contributed by atoms with Crippen molar-refractivity contribution in [1.82, 2.24) is 0 Å². The van der Waals surface area contributed by atoms with Crippen molar-refractivity contribution in [2.24, 2.45) is 11.7 Å². The number of benzene rings is 1. The molecule has 3 N–H and O–H groups in total. The lowest BCUT2D eigenvalue weighted by molar-refractivity contribution is 0.100. The van der Waals surface area contributed by atoms with E-state index in [1.165, 1.54) is 11.3 Å². The molecule has 1 heterocycles. The quantitative estimate of drug-likeness (QED) is 0.874. The molecule has 0 aliphatic heterocycles. The van der Waals surface area contributed by atoms with Gasteiger partial charge in [0.1, 0.15) is 5.00 Å². The van der Waals surface area contributed by atoms with Crippen molar-refractivity contribution in [3.05, 3.63) is 45.8 Å². The second-order valence-corrected chi connectivity index (χ2v) is 9.13. The molecular formula is C17H20N2O3S2. The maximum atomic E-state index is 12.6. The molecule has 1 aromatic heterocycles. The van der Waals surface area contributed by atoms with E-state index in [-0.39, 0.29) is 4.90 Å². The van der Waals surface area contributed by atoms with E-state index in [2.05, 4.69) is 11.6 Å². The lowest BCUT2D eigenvalue weighted by Crippen LogP contribution is -2.19. The second-order valence-electron chi connectivity index (χ2n) is 6.34. The number of sulfonamides is 1. The zero-order valence-electron chi connectivity index (χ0n) is 13.6. The highest BCUT2D eigenvalue weighted by Crippen LogP contribution is 2.40. The van der Waals surface area contributed by atoms with Crippen LogP contribution in [0.2, 0.25) is 0 Å². The van der Waals surface area contributed by atoms with Gasteiger partial charge in [-0.3, -0.25) is 9.52 Å². The third kappa shape index (κ3) is 3.18. The average Bonchev–Trinajstić information content (AvgIpc) is 2.83. The summed E-state index contributed by atoms with van der Waals surface area (Å²) in [6.45, 7) is 4.05. The molecule has 128 valence electrons. The van der Waals surface area contributed by atoms with Gasteiger partial charge in [-0.2, -0.15) is 0 Å². The molecule has 1 aliphatic rings. The van der Waals surface area contributed by atoms with Gasteiger partial charge >= 0.3 is 0 Å². The van der Waals surface area contributed by atoms with Gasteiger partial charge in [0.15, 0.2) is 0 Å². The number of carbonyl (C=O) groups is 1. The molecule has 0 spiro atoms. The summed E-state index contributed by atoms with van der Waals surface area (Å²) in [6.07, 6.45) is 2.60. The van der Waals surface area contributed by atoms with E-state index in [4.69, 9.17) is 5.73 Å². The van der Waals surface area contributed by atoms with Gasteiger partial charge in [-0.1, -0.05) is 24.6 Å². The van der Waals surface area contributed by atoms with Crippen LogP contribution >= 0.6 is 11.3 Å². The Morgan fingerprint density at radius 1 is 1.29 bits per heavy atom. The Hall–Kier alpha value is -1.86. The first-order valence-electron chi connectivity index (χ1n) is 7.81. The highest BCUT2D eigenvalue weighted by Gasteiger charge is 2.28. The SMILES string of the molecule is Cc1ccc(S(=O)(=O)Nc2sc3c(c2C(N)=O)CC[C@H](C)C3)cc1. The molecule has 3 rings (SSSR count). The molecule has 1 aliphatic carbocycles. The minimum Gasteiger partial charge on any atom is -0.365 e. The predicted octanol–water partition coefficient (Wildman–Crippen LogP) is 3.08. The fourth-order valence-corrected chi connectivity index (χ4v) is 5.70. The Balaban J connectivity index is 2.00. The van der Waals surface area contributed by atoms with Gasteiger partial charge in [-0.25, -0.2) is 8.42 Å². The van der Waals surface area contributed by atoms with Gasteiger partial charge in [-0.05, 0) is 49.8 Å². The first-order valence-corrected chi connectivity index (χ1v) is 10.1. The zero-order chi connectivity index (χ0) is 17.5. The summed E-state index contributed by atoms with van der Waals surface area (Å²) >= 11 is 1.33. The van der Waals surface area contributed by atoms with Crippen LogP contribution in [0.3, 0.4) is 0 Å². The first kappa shape index (κ1) is 17.0. The summed E-state index contributed by atoms with van der Waals surface area (Å²) in [6, 6.07) is 6.59. The van der Waals surface area contributed by atoms with Crippen molar-refractivity contribution < 1.29 is 13.2 Å². The molecule has 0 bridgehead atoms. The number of hydrogen-bond acceptors (Lipinski definition) is 4. The molecule has 1 atom stereocenters. The van der Waals surface area contributed by atoms with Crippen LogP contribution in [-0.4, -0.2) is 14.3 Å². The van der Waals surface area contributed by atoms with E-state index < -0.39 is 15.9 Å². The van der Waals surface area contributed by atoms with Crippen molar-refractivity contribution in [2.45, 2.75) is 38.0 Å². The highest BCUT2D eigenvalue weighted by molar-refractivity contribution is 7.93. The largest absolute Gasteiger partial charge is 0.365 e. The summed E-state index contributed by atoms with van der Waals surface area (Å²) in [7, 11) is -3.75. The van der Waals surface area contributed by atoms with Gasteiger partial charge in [0.25, 0.3) is 15.9 Å². The number of hydrogen-bond donors (Lipinski definition) is 2. The molecule has 0 unspecified atom stereocenters. The maximum Gasteiger partial charge on any atom is 0.262 e. The summed E-state index contributed by atoms with van der Waals surface area (Å²) in [5.74, 6) is -0.0536. The van der Waals surface area contributed by atoms with E-state index in [0.717, 1.165) is 35.3 Å². The highest BCUT2D eigenvalue weighted by atomic mass is 32.2. The Morgan fingerprint density at radius 2 is 1.96 bits per heavy atom. The molecule has 1 aromatic carbocycles. The van der Waals surface area contributed by atoms with E-state index in [0.29, 0.717) is 16.5 Å². The summed E-state index contributed by atoms with van der Waals surface area (Å²) in [4.78, 5) is 13.1. The molecule has 1 amide bonds. The Bertz CT molecular complexity index is 883. The Labute approximate surface area is 145 Å². The minimum atomic E-state index is -3.75. The van der Waals surface area contributed by atoms with Crippen molar-refractivity contribution in [3.8, 4) is 0 Å². The standard InChI is InChI=1S/C17H20N2O3S2/c1-10-3-6-12(7-4-10)24(21,22)19-17-15(16(18)20)13-8-5-11(2)9-14(13)23-17/h3-4,6-7,11,19H,5,8-9H2,1-2H3,(H2,18,20)/t11-/m0/s1. The lowest BCUT2D eigenvalue weighted by Gasteiger charge is -2.18. The fourth-order valence-electron chi connectivity index (χ4n) is 2.98. The third-order valence-corrected chi connectivity index (χ3v) is 6.98. The van der Waals surface area contributed by atoms with E-state index in [1.807, 2.05) is 6.92 Å². The van der Waals surface area contributed by atoms with E-state index >= 15 is 0 Å². The molecule has 24 heavy (non-hydrogen) atoms. The molecule has 2 aromatic rings. The summed E-state index contributed by atoms with van der Waals surface area (Å²) in [5, 5.41) is 0.335. The van der Waals surface area contributed by atoms with Gasteiger partial charge in [0.2, 0.25) is 0 Å². The Morgan fingerprint density at radius 3 is 2.58 bits per heavy atom.